The third-order valence-corrected chi connectivity index (χ3v) is 0. The van der Waals surface area contributed by atoms with E-state index < -0.39 is 10.4 Å². The Kier molecular flexibility index (Phi) is 17.2. The Morgan fingerprint density at radius 3 is 1.00 bits per heavy atom. The zero-order valence-corrected chi connectivity index (χ0v) is 11.1. The van der Waals surface area contributed by atoms with E-state index in [2.05, 4.69) is 0 Å². The van der Waals surface area contributed by atoms with Crippen LogP contribution < -0.4 is 0 Å². The molecule has 0 bridgehead atoms. The minimum absolute atomic E-state index is 0. The molecule has 0 amide bonds. The summed E-state index contributed by atoms with van der Waals surface area (Å²) in [7, 11) is -5.17. The van der Waals surface area contributed by atoms with Crippen LogP contribution in [0.5, 0.6) is 0 Å². The monoisotopic (exact) mass is 174 g/mol. The largest absolute Gasteiger partial charge is 0.759 e. The maximum atomic E-state index is 8.52. The van der Waals surface area contributed by atoms with Crippen molar-refractivity contribution in [2.24, 2.45) is 0 Å². The normalized spacial score (nSPS) is 8.29. The van der Waals surface area contributed by atoms with E-state index >= 15 is 0 Å². The second-order valence-electron chi connectivity index (χ2n) is 0.408. The van der Waals surface area contributed by atoms with Crippen molar-refractivity contribution in [2.45, 2.75) is 0 Å². The molecular formula is K2O4S-2. The van der Waals surface area contributed by atoms with Gasteiger partial charge in [0, 0.05) is 113 Å². The van der Waals surface area contributed by atoms with Crippen molar-refractivity contribution in [3.8, 4) is 0 Å². The summed E-state index contributed by atoms with van der Waals surface area (Å²) in [5.41, 5.74) is 0. The standard InChI is InChI=1S/2K.H2O4S/c;;1-5(2,3)4/h;;(H2,1,2,3,4)/p-2. The first-order valence-corrected chi connectivity index (χ1v) is 2.00. The minimum atomic E-state index is -5.17. The summed E-state index contributed by atoms with van der Waals surface area (Å²) in [4.78, 5) is 0. The van der Waals surface area contributed by atoms with Crippen molar-refractivity contribution in [3.63, 3.8) is 0 Å². The van der Waals surface area contributed by atoms with Crippen molar-refractivity contribution in [1.29, 1.82) is 0 Å². The molecule has 0 aromatic heterocycles. The van der Waals surface area contributed by atoms with E-state index in [-0.39, 0.29) is 103 Å². The molecule has 0 aromatic carbocycles. The number of rotatable bonds is 0. The van der Waals surface area contributed by atoms with Crippen LogP contribution in [0.3, 0.4) is 0 Å². The predicted octanol–water partition coefficient (Wildman–Crippen LogP) is -2.10. The maximum absolute atomic E-state index is 8.52. The van der Waals surface area contributed by atoms with Crippen LogP contribution in [0.4, 0.5) is 0 Å². The van der Waals surface area contributed by atoms with Crippen LogP contribution in [-0.2, 0) is 10.4 Å². The molecule has 2 radical (unpaired) electrons. The molecule has 0 heterocycles. The van der Waals surface area contributed by atoms with Crippen LogP contribution in [0.1, 0.15) is 0 Å². The summed E-state index contributed by atoms with van der Waals surface area (Å²) in [6, 6.07) is 0. The molecule has 0 aromatic rings. The van der Waals surface area contributed by atoms with E-state index in [0.717, 1.165) is 0 Å². The van der Waals surface area contributed by atoms with Crippen molar-refractivity contribution >= 4 is 113 Å². The van der Waals surface area contributed by atoms with Gasteiger partial charge in [0.2, 0.25) is 0 Å². The molecule has 0 fully saturated rings. The van der Waals surface area contributed by atoms with Crippen molar-refractivity contribution in [2.75, 3.05) is 0 Å². The van der Waals surface area contributed by atoms with Gasteiger partial charge in [-0.1, -0.05) is 0 Å². The smallest absolute Gasteiger partial charge is 0.0311 e. The van der Waals surface area contributed by atoms with Crippen LogP contribution in [0.2, 0.25) is 0 Å². The molecular weight excluding hydrogens is 174 g/mol. The average Bonchev–Trinajstić information content (AvgIpc) is 0.722. The fourth-order valence-electron chi connectivity index (χ4n) is 0. The Bertz CT molecular complexity index is 92.9. The third-order valence-electron chi connectivity index (χ3n) is 0. The molecule has 0 atom stereocenters. The Morgan fingerprint density at radius 1 is 1.00 bits per heavy atom. The molecule has 0 rings (SSSR count). The quantitative estimate of drug-likeness (QED) is 0.239. The van der Waals surface area contributed by atoms with Crippen molar-refractivity contribution in [1.82, 2.24) is 0 Å². The van der Waals surface area contributed by atoms with Gasteiger partial charge in [-0.25, -0.2) is 0 Å². The SMILES string of the molecule is O=S(=O)([O-])[O-].[K].[K]. The predicted molar refractivity (Wildman–Crippen MR) is 22.0 cm³/mol. The number of hydrogen-bond acceptors (Lipinski definition) is 4. The molecule has 0 saturated heterocycles. The van der Waals surface area contributed by atoms with Crippen LogP contribution in [0, 0.1) is 0 Å². The van der Waals surface area contributed by atoms with Crippen LogP contribution >= 0.6 is 0 Å². The van der Waals surface area contributed by atoms with Gasteiger partial charge in [-0.3, -0.25) is 8.42 Å². The average molecular weight is 174 g/mol. The molecule has 34 valence electrons. The zero-order valence-electron chi connectivity index (χ0n) is 4.04. The second kappa shape index (κ2) is 7.25. The van der Waals surface area contributed by atoms with E-state index in [4.69, 9.17) is 17.5 Å². The van der Waals surface area contributed by atoms with E-state index in [1.165, 1.54) is 0 Å². The molecule has 4 nitrogen and oxygen atoms in total. The van der Waals surface area contributed by atoms with Gasteiger partial charge in [0.15, 0.2) is 0 Å². The minimum Gasteiger partial charge on any atom is -0.759 e. The first-order chi connectivity index (χ1) is 2.00. The van der Waals surface area contributed by atoms with Gasteiger partial charge in [0.05, 0.1) is 0 Å². The second-order valence-corrected chi connectivity index (χ2v) is 1.22. The van der Waals surface area contributed by atoms with Gasteiger partial charge < -0.3 is 9.11 Å². The molecule has 0 aliphatic carbocycles. The molecule has 7 heavy (non-hydrogen) atoms. The van der Waals surface area contributed by atoms with Crippen LogP contribution in [0.25, 0.3) is 0 Å². The van der Waals surface area contributed by atoms with Crippen molar-refractivity contribution in [3.05, 3.63) is 0 Å². The maximum Gasteiger partial charge on any atom is 0.0311 e. The van der Waals surface area contributed by atoms with Gasteiger partial charge in [-0.2, -0.15) is 0 Å². The van der Waals surface area contributed by atoms with Gasteiger partial charge in [0.1, 0.15) is 0 Å². The molecule has 0 aliphatic rings. The van der Waals surface area contributed by atoms with Gasteiger partial charge in [-0.05, 0) is 0 Å². The fraction of sp³-hybridized carbons (Fsp3) is 0. The molecule has 0 unspecified atom stereocenters. The summed E-state index contributed by atoms with van der Waals surface area (Å²) in [5.74, 6) is 0. The van der Waals surface area contributed by atoms with E-state index in [1.54, 1.807) is 0 Å². The third kappa shape index (κ3) is 47.2. The zero-order chi connectivity index (χ0) is 4.50. The first-order valence-electron chi connectivity index (χ1n) is 0.667. The van der Waals surface area contributed by atoms with Gasteiger partial charge in [-0.15, -0.1) is 0 Å². The Hall–Kier alpha value is 3.14. The van der Waals surface area contributed by atoms with E-state index in [0.29, 0.717) is 0 Å². The van der Waals surface area contributed by atoms with Crippen LogP contribution in [0.15, 0.2) is 0 Å². The molecule has 7 heteroatoms. The summed E-state index contributed by atoms with van der Waals surface area (Å²) in [6.45, 7) is 0. The molecule has 0 spiro atoms. The fourth-order valence-corrected chi connectivity index (χ4v) is 0. The Balaban J connectivity index is -0.0000000800. The number of hydrogen-bond donors (Lipinski definition) is 0. The summed E-state index contributed by atoms with van der Waals surface area (Å²) >= 11 is 0. The Morgan fingerprint density at radius 2 is 1.00 bits per heavy atom. The molecule has 0 aliphatic heterocycles. The summed E-state index contributed by atoms with van der Waals surface area (Å²) in [6.07, 6.45) is 0. The van der Waals surface area contributed by atoms with Gasteiger partial charge in [0.25, 0.3) is 0 Å². The topological polar surface area (TPSA) is 80.3 Å². The Labute approximate surface area is 127 Å². The summed E-state index contributed by atoms with van der Waals surface area (Å²) < 4.78 is 34.1. The molecule has 0 N–H and O–H groups in total. The summed E-state index contributed by atoms with van der Waals surface area (Å²) in [5, 5.41) is 0. The first kappa shape index (κ1) is 16.6. The van der Waals surface area contributed by atoms with Gasteiger partial charge >= 0.3 is 0 Å². The van der Waals surface area contributed by atoms with Crippen LogP contribution in [-0.4, -0.2) is 120 Å². The van der Waals surface area contributed by atoms with E-state index in [9.17, 15) is 0 Å². The molecule has 0 saturated carbocycles. The van der Waals surface area contributed by atoms with E-state index in [1.807, 2.05) is 0 Å². The van der Waals surface area contributed by atoms with Crippen molar-refractivity contribution < 1.29 is 17.5 Å².